The number of phosphoric acid groups is 1. The van der Waals surface area contributed by atoms with Gasteiger partial charge in [-0.3, -0.25) is 13.8 Å². The van der Waals surface area contributed by atoms with Gasteiger partial charge in [0.1, 0.15) is 13.2 Å². The first-order chi connectivity index (χ1) is 39.0. The third-order valence-electron chi connectivity index (χ3n) is 13.5. The Hall–Kier alpha value is -3.62. The van der Waals surface area contributed by atoms with Crippen LogP contribution in [0.15, 0.2) is 146 Å². The van der Waals surface area contributed by atoms with Gasteiger partial charge in [0.2, 0.25) is 5.91 Å². The monoisotopic (exact) mass is 1130 g/mol. The summed E-state index contributed by atoms with van der Waals surface area (Å²) in [5.74, 6) is -0.207. The number of aliphatic hydroxyl groups is 1. The maximum atomic E-state index is 13.0. The molecule has 456 valence electrons. The minimum atomic E-state index is -4.38. The van der Waals surface area contributed by atoms with Crippen molar-refractivity contribution in [2.75, 3.05) is 40.9 Å². The molecular weight excluding hydrogens is 1010 g/mol. The number of carbonyl (C=O) groups is 1. The number of aliphatic hydroxyl groups excluding tert-OH is 1. The number of nitrogens with zero attached hydrogens (tertiary/aromatic N) is 1. The smallest absolute Gasteiger partial charge is 0.387 e. The lowest BCUT2D eigenvalue weighted by atomic mass is 10.0. The van der Waals surface area contributed by atoms with Crippen LogP contribution in [-0.4, -0.2) is 73.4 Å². The molecule has 1 amide bonds. The Morgan fingerprint density at radius 2 is 0.762 bits per heavy atom. The Bertz CT molecular complexity index is 1810. The molecule has 0 aliphatic carbocycles. The quantitative estimate of drug-likeness (QED) is 0.0243. The van der Waals surface area contributed by atoms with Crippen molar-refractivity contribution >= 4 is 13.7 Å². The molecule has 3 N–H and O–H groups in total. The van der Waals surface area contributed by atoms with Crippen LogP contribution in [0.3, 0.4) is 0 Å². The number of likely N-dealkylation sites (N-methyl/N-ethyl adjacent to an activating group) is 1. The summed E-state index contributed by atoms with van der Waals surface area (Å²) in [7, 11) is 1.52. The highest BCUT2D eigenvalue weighted by atomic mass is 31.2. The van der Waals surface area contributed by atoms with E-state index in [4.69, 9.17) is 9.05 Å². The summed E-state index contributed by atoms with van der Waals surface area (Å²) in [5, 5.41) is 13.9. The lowest BCUT2D eigenvalue weighted by Crippen LogP contribution is -2.45. The lowest BCUT2D eigenvalue weighted by Gasteiger charge is -2.25. The third kappa shape index (κ3) is 62.0. The maximum absolute atomic E-state index is 13.0. The molecule has 0 spiro atoms. The van der Waals surface area contributed by atoms with E-state index in [9.17, 15) is 19.4 Å². The van der Waals surface area contributed by atoms with Gasteiger partial charge in [-0.15, -0.1) is 0 Å². The summed E-state index contributed by atoms with van der Waals surface area (Å²) < 4.78 is 23.7. The van der Waals surface area contributed by atoms with Gasteiger partial charge in [0.05, 0.1) is 39.9 Å². The summed E-state index contributed by atoms with van der Waals surface area (Å²) in [5.41, 5.74) is 0. The number of hydrogen-bond donors (Lipinski definition) is 3. The standard InChI is InChI=1S/C71H121N2O6P/c1-6-8-10-12-14-16-18-20-22-24-26-28-30-31-32-33-34-35-36-37-38-39-40-41-43-45-47-49-51-53-55-57-59-61-63-65-71(75)72-69(68-79-80(76,77)78-67-66-73(3,4)5)70(74)64-62-60-58-56-54-52-50-48-46-44-42-29-27-25-23-21-19-17-15-13-11-9-7-2/h8,10,14,16,20,22,26,28,31-32,34-35,37-38,40-41,45-48,54,56,62,64,69-70,74H,6-7,9,11-13,15,17-19,21,23-25,27,29-30,33,36,39,42-44,49-53,55,57-61,63,65-68H2,1-5H3,(H-,72,75,76,77)/p+1/b10-8-,16-14-,22-20-,28-26-,32-31-,35-34-,38-37-,41-40-,47-45-,48-46+,56-54+,64-62+. The predicted octanol–water partition coefficient (Wildman–Crippen LogP) is 20.4. The SMILES string of the molecule is CC/C=C\C/C=C\C/C=C\C/C=C\C/C=C\C/C=C\C/C=C\C/C=C\C/C=C\CCCCCCCCCC(=O)NC(COP(=O)(O)OCC[N+](C)(C)C)C(O)/C=C/CC/C=C/CC/C=C/CCCCCCCCCCCCCCC. The molecule has 0 aliphatic heterocycles. The van der Waals surface area contributed by atoms with Crippen LogP contribution >= 0.6 is 7.82 Å². The van der Waals surface area contributed by atoms with Crippen molar-refractivity contribution < 1.29 is 32.9 Å². The van der Waals surface area contributed by atoms with Crippen molar-refractivity contribution in [1.29, 1.82) is 0 Å². The molecule has 0 radical (unpaired) electrons. The zero-order chi connectivity index (χ0) is 58.4. The van der Waals surface area contributed by atoms with Crippen molar-refractivity contribution in [2.24, 2.45) is 0 Å². The van der Waals surface area contributed by atoms with Crippen molar-refractivity contribution in [3.8, 4) is 0 Å². The van der Waals surface area contributed by atoms with E-state index in [0.29, 0.717) is 17.4 Å². The first-order valence-corrected chi connectivity index (χ1v) is 33.7. The number of rotatable bonds is 57. The zero-order valence-corrected chi connectivity index (χ0v) is 52.9. The fourth-order valence-corrected chi connectivity index (χ4v) is 9.27. The minimum Gasteiger partial charge on any atom is -0.387 e. The van der Waals surface area contributed by atoms with Crippen LogP contribution in [0.5, 0.6) is 0 Å². The molecule has 0 aromatic rings. The summed E-state index contributed by atoms with van der Waals surface area (Å²) >= 11 is 0. The fourth-order valence-electron chi connectivity index (χ4n) is 8.54. The Morgan fingerprint density at radius 3 is 1.15 bits per heavy atom. The van der Waals surface area contributed by atoms with E-state index in [1.54, 1.807) is 6.08 Å². The molecule has 8 nitrogen and oxygen atoms in total. The Morgan fingerprint density at radius 1 is 0.438 bits per heavy atom. The summed E-state index contributed by atoms with van der Waals surface area (Å²) in [6, 6.07) is -0.888. The van der Waals surface area contributed by atoms with E-state index in [2.05, 4.69) is 153 Å². The van der Waals surface area contributed by atoms with E-state index >= 15 is 0 Å². The van der Waals surface area contributed by atoms with Crippen molar-refractivity contribution in [3.63, 3.8) is 0 Å². The average molecular weight is 1130 g/mol. The Kier molecular flexibility index (Phi) is 57.3. The predicted molar refractivity (Wildman–Crippen MR) is 350 cm³/mol. The number of nitrogens with one attached hydrogen (secondary N) is 1. The number of quaternary nitrogens is 1. The summed E-state index contributed by atoms with van der Waals surface area (Å²) in [4.78, 5) is 23.4. The molecule has 0 fully saturated rings. The Balaban J connectivity index is 4.28. The van der Waals surface area contributed by atoms with E-state index in [1.807, 2.05) is 27.2 Å². The van der Waals surface area contributed by atoms with Crippen LogP contribution in [0.25, 0.3) is 0 Å². The first kappa shape index (κ1) is 76.4. The van der Waals surface area contributed by atoms with Crippen LogP contribution in [0, 0.1) is 0 Å². The number of unbranched alkanes of at least 4 members (excludes halogenated alkanes) is 22. The first-order valence-electron chi connectivity index (χ1n) is 32.2. The molecule has 0 heterocycles. The average Bonchev–Trinajstić information content (AvgIpc) is 3.42. The molecule has 3 unspecified atom stereocenters. The zero-order valence-electron chi connectivity index (χ0n) is 52.0. The normalized spacial score (nSPS) is 14.7. The molecule has 80 heavy (non-hydrogen) atoms. The molecule has 0 saturated heterocycles. The van der Waals surface area contributed by atoms with Gasteiger partial charge in [-0.05, 0) is 116 Å². The maximum Gasteiger partial charge on any atom is 0.472 e. The van der Waals surface area contributed by atoms with Gasteiger partial charge >= 0.3 is 7.82 Å². The Labute approximate surface area is 493 Å². The highest BCUT2D eigenvalue weighted by Gasteiger charge is 2.27. The summed E-state index contributed by atoms with van der Waals surface area (Å²) in [6.07, 6.45) is 92.5. The fraction of sp³-hybridized carbons (Fsp3) is 0.648. The number of phosphoric ester groups is 1. The molecule has 0 aromatic heterocycles. The second kappa shape index (κ2) is 60.0. The van der Waals surface area contributed by atoms with Gasteiger partial charge in [0.25, 0.3) is 0 Å². The molecule has 0 bridgehead atoms. The highest BCUT2D eigenvalue weighted by molar-refractivity contribution is 7.47. The second-order valence-corrected chi connectivity index (χ2v) is 23.8. The van der Waals surface area contributed by atoms with Crippen molar-refractivity contribution in [2.45, 2.75) is 257 Å². The highest BCUT2D eigenvalue weighted by Crippen LogP contribution is 2.43. The second-order valence-electron chi connectivity index (χ2n) is 22.4. The number of amides is 1. The lowest BCUT2D eigenvalue weighted by molar-refractivity contribution is -0.870. The van der Waals surface area contributed by atoms with Crippen molar-refractivity contribution in [1.82, 2.24) is 5.32 Å². The van der Waals surface area contributed by atoms with Gasteiger partial charge in [0, 0.05) is 6.42 Å². The largest absolute Gasteiger partial charge is 0.472 e. The number of allylic oxidation sites excluding steroid dienone is 23. The van der Waals surface area contributed by atoms with Crippen LogP contribution in [-0.2, 0) is 18.4 Å². The van der Waals surface area contributed by atoms with E-state index < -0.39 is 20.0 Å². The molecule has 0 rings (SSSR count). The number of carbonyl (C=O) groups excluding carboxylic acids is 1. The van der Waals surface area contributed by atoms with E-state index in [-0.39, 0.29) is 19.1 Å². The van der Waals surface area contributed by atoms with Crippen LogP contribution < -0.4 is 5.32 Å². The van der Waals surface area contributed by atoms with Gasteiger partial charge in [-0.1, -0.05) is 269 Å². The van der Waals surface area contributed by atoms with E-state index in [0.717, 1.165) is 116 Å². The molecular formula is C71H122N2O6P+. The van der Waals surface area contributed by atoms with Crippen LogP contribution in [0.1, 0.15) is 245 Å². The molecule has 0 aromatic carbocycles. The van der Waals surface area contributed by atoms with Gasteiger partial charge in [0.15, 0.2) is 0 Å². The van der Waals surface area contributed by atoms with Crippen LogP contribution in [0.4, 0.5) is 0 Å². The third-order valence-corrected chi connectivity index (χ3v) is 14.5. The van der Waals surface area contributed by atoms with Crippen molar-refractivity contribution in [3.05, 3.63) is 146 Å². The molecule has 0 aliphatic rings. The topological polar surface area (TPSA) is 105 Å². The van der Waals surface area contributed by atoms with Gasteiger partial charge in [-0.2, -0.15) is 0 Å². The van der Waals surface area contributed by atoms with Crippen LogP contribution in [0.2, 0.25) is 0 Å². The molecule has 3 atom stereocenters. The molecule has 9 heteroatoms. The minimum absolute atomic E-state index is 0.0434. The van der Waals surface area contributed by atoms with Gasteiger partial charge in [-0.25, -0.2) is 4.57 Å². The van der Waals surface area contributed by atoms with Gasteiger partial charge < -0.3 is 19.8 Å². The summed E-state index contributed by atoms with van der Waals surface area (Å²) in [6.45, 7) is 4.66. The molecule has 0 saturated carbocycles. The number of hydrogen-bond acceptors (Lipinski definition) is 5. The van der Waals surface area contributed by atoms with E-state index in [1.165, 1.54) is 109 Å².